The van der Waals surface area contributed by atoms with Gasteiger partial charge in [0.1, 0.15) is 28.3 Å². The molecule has 1 aliphatic rings. The second kappa shape index (κ2) is 13.5. The molecule has 0 fully saturated rings. The number of anilines is 1. The summed E-state index contributed by atoms with van der Waals surface area (Å²) in [6, 6.07) is 10.4. The Morgan fingerprint density at radius 2 is 1.89 bits per heavy atom. The number of aliphatic hydroxyl groups is 1. The fourth-order valence-electron chi connectivity index (χ4n) is 3.01. The summed E-state index contributed by atoms with van der Waals surface area (Å²) in [7, 11) is -6.10. The van der Waals surface area contributed by atoms with Crippen LogP contribution in [0.25, 0.3) is 0 Å². The summed E-state index contributed by atoms with van der Waals surface area (Å²) < 4.78 is 58.4. The van der Waals surface area contributed by atoms with Crippen molar-refractivity contribution in [2.45, 2.75) is 42.2 Å². The van der Waals surface area contributed by atoms with Gasteiger partial charge in [-0.3, -0.25) is 0 Å². The van der Waals surface area contributed by atoms with Gasteiger partial charge >= 0.3 is 0 Å². The van der Waals surface area contributed by atoms with E-state index in [2.05, 4.69) is 15.4 Å². The number of hydrogen-bond donors (Lipinski definition) is 5. The number of methoxy groups -OCH3 is 1. The number of nitrogens with one attached hydrogen (secondary N) is 3. The highest BCUT2D eigenvalue weighted by Gasteiger charge is 2.27. The van der Waals surface area contributed by atoms with Gasteiger partial charge < -0.3 is 25.2 Å². The van der Waals surface area contributed by atoms with Gasteiger partial charge in [-0.2, -0.15) is 4.72 Å². The fourth-order valence-corrected chi connectivity index (χ4v) is 5.30. The van der Waals surface area contributed by atoms with Crippen molar-refractivity contribution in [3.05, 3.63) is 47.0 Å². The summed E-state index contributed by atoms with van der Waals surface area (Å²) >= 11 is 5.72. The maximum atomic E-state index is 11.6. The van der Waals surface area contributed by atoms with E-state index in [1.54, 1.807) is 7.11 Å². The van der Waals surface area contributed by atoms with Crippen LogP contribution < -0.4 is 25.2 Å². The minimum absolute atomic E-state index is 0.0143. The van der Waals surface area contributed by atoms with Crippen LogP contribution in [-0.2, 0) is 31.2 Å². The van der Waals surface area contributed by atoms with Crippen LogP contribution in [0.2, 0.25) is 5.02 Å². The van der Waals surface area contributed by atoms with Gasteiger partial charge in [0.2, 0.25) is 20.0 Å². The molecule has 2 aromatic rings. The van der Waals surface area contributed by atoms with Crippen LogP contribution >= 0.6 is 11.6 Å². The van der Waals surface area contributed by atoms with E-state index in [-0.39, 0.29) is 22.3 Å². The maximum Gasteiger partial charge on any atom is 0.244 e. The van der Waals surface area contributed by atoms with Crippen molar-refractivity contribution in [3.8, 4) is 5.75 Å². The molecule has 1 aliphatic heterocycles. The molecule has 0 radical (unpaired) electrons. The van der Waals surface area contributed by atoms with Crippen molar-refractivity contribution >= 4 is 37.3 Å². The quantitative estimate of drug-likeness (QED) is 0.285. The number of nitrogens with two attached hydrogens (primary N) is 1. The van der Waals surface area contributed by atoms with Crippen LogP contribution in [0.1, 0.15) is 19.4 Å². The van der Waals surface area contributed by atoms with E-state index in [0.717, 1.165) is 24.8 Å². The number of sulfonamides is 2. The highest BCUT2D eigenvalue weighted by atomic mass is 35.5. The predicted octanol–water partition coefficient (Wildman–Crippen LogP) is 1.26. The first-order chi connectivity index (χ1) is 16.8. The number of hydrogen-bond acceptors (Lipinski definition) is 9. The molecular weight excluding hydrogens is 532 g/mol. The Kier molecular flexibility index (Phi) is 11.4. The van der Waals surface area contributed by atoms with E-state index >= 15 is 0 Å². The zero-order chi connectivity index (χ0) is 26.9. The molecular formula is C22H33ClN4O7S2. The first kappa shape index (κ1) is 30.3. The van der Waals surface area contributed by atoms with Crippen molar-refractivity contribution in [2.75, 3.05) is 38.9 Å². The smallest absolute Gasteiger partial charge is 0.244 e. The van der Waals surface area contributed by atoms with Gasteiger partial charge in [0.25, 0.3) is 0 Å². The average molecular weight is 565 g/mol. The number of benzene rings is 2. The number of rotatable bonds is 10. The van der Waals surface area contributed by atoms with Gasteiger partial charge in [-0.05, 0) is 36.2 Å². The topological polar surface area (TPSA) is 169 Å². The van der Waals surface area contributed by atoms with Gasteiger partial charge in [-0.15, -0.1) is 0 Å². The molecule has 6 N–H and O–H groups in total. The summed E-state index contributed by atoms with van der Waals surface area (Å²) in [6.07, 6.45) is 0.410. The van der Waals surface area contributed by atoms with Crippen LogP contribution in [0.5, 0.6) is 5.75 Å². The van der Waals surface area contributed by atoms with Crippen LogP contribution in [0, 0.1) is 0 Å². The monoisotopic (exact) mass is 564 g/mol. The Hall–Kier alpha value is -1.97. The molecule has 202 valence electrons. The lowest BCUT2D eigenvalue weighted by molar-refractivity contribution is 0.104. The molecule has 0 amide bonds. The Balaban J connectivity index is 0.000000255. The van der Waals surface area contributed by atoms with Crippen molar-refractivity contribution in [2.24, 2.45) is 5.14 Å². The predicted molar refractivity (Wildman–Crippen MR) is 138 cm³/mol. The molecule has 3 rings (SSSR count). The zero-order valence-corrected chi connectivity index (χ0v) is 22.7. The molecule has 1 unspecified atom stereocenters. The maximum absolute atomic E-state index is 11.6. The minimum atomic E-state index is -4.07. The van der Waals surface area contributed by atoms with Crippen molar-refractivity contribution in [1.82, 2.24) is 10.0 Å². The van der Waals surface area contributed by atoms with Crippen molar-refractivity contribution in [1.29, 1.82) is 0 Å². The summed E-state index contributed by atoms with van der Waals surface area (Å²) in [5, 5.41) is 20.4. The number of fused-ring (bicyclic) bond motifs is 1. The molecule has 0 spiro atoms. The Labute approximate surface area is 217 Å². The van der Waals surface area contributed by atoms with Gasteiger partial charge in [-0.1, -0.05) is 37.6 Å². The van der Waals surface area contributed by atoms with Crippen LogP contribution in [0.3, 0.4) is 0 Å². The number of primary sulfonamides is 1. The number of aliphatic hydroxyl groups excluding tert-OH is 1. The molecule has 1 heterocycles. The zero-order valence-electron chi connectivity index (χ0n) is 20.3. The lowest BCUT2D eigenvalue weighted by Gasteiger charge is -2.20. The Morgan fingerprint density at radius 1 is 1.22 bits per heavy atom. The second-order valence-corrected chi connectivity index (χ2v) is 11.9. The Morgan fingerprint density at radius 3 is 2.47 bits per heavy atom. The van der Waals surface area contributed by atoms with E-state index in [1.807, 2.05) is 38.1 Å². The van der Waals surface area contributed by atoms with Gasteiger partial charge in [0, 0.05) is 19.7 Å². The second-order valence-electron chi connectivity index (χ2n) is 8.24. The van der Waals surface area contributed by atoms with E-state index in [9.17, 15) is 21.9 Å². The van der Waals surface area contributed by atoms with Crippen molar-refractivity contribution in [3.63, 3.8) is 0 Å². The summed E-state index contributed by atoms with van der Waals surface area (Å²) in [5.74, 6) is 0.782. The van der Waals surface area contributed by atoms with E-state index in [1.165, 1.54) is 11.6 Å². The first-order valence-electron chi connectivity index (χ1n) is 11.1. The van der Waals surface area contributed by atoms with Crippen molar-refractivity contribution < 1.29 is 31.4 Å². The van der Waals surface area contributed by atoms with E-state index in [0.29, 0.717) is 19.2 Å². The van der Waals surface area contributed by atoms with E-state index < -0.39 is 31.0 Å². The minimum Gasteiger partial charge on any atom is -0.491 e. The van der Waals surface area contributed by atoms with Gasteiger partial charge in [0.05, 0.1) is 24.0 Å². The lowest BCUT2D eigenvalue weighted by atomic mass is 10.1. The van der Waals surface area contributed by atoms with Crippen LogP contribution in [0.4, 0.5) is 5.69 Å². The largest absolute Gasteiger partial charge is 0.491 e. The molecule has 0 aliphatic carbocycles. The number of halogens is 1. The molecule has 0 bridgehead atoms. The average Bonchev–Trinajstić information content (AvgIpc) is 2.79. The summed E-state index contributed by atoms with van der Waals surface area (Å²) in [6.45, 7) is 5.68. The highest BCUT2D eigenvalue weighted by Crippen LogP contribution is 2.32. The standard InChI is InChI=1S/C15H25NO3.C7H8ClN3O4S2/c1-12(2)16-10-14(17)11-19-15-6-4-13(5-7-15)8-9-18-3;8-4-1-5-7(2-6(4)16(9,12)13)17(14,15)11-3-10-5/h4-7,12,14,16-17H,8-11H2,1-3H3;1-2,10-11H,3H2,(H2,9,12,13). The first-order valence-corrected chi connectivity index (χ1v) is 14.5. The molecule has 0 saturated carbocycles. The molecule has 11 nitrogen and oxygen atoms in total. The number of ether oxygens (including phenoxy) is 2. The van der Waals surface area contributed by atoms with Gasteiger partial charge in [-0.25, -0.2) is 22.0 Å². The summed E-state index contributed by atoms with van der Waals surface area (Å²) in [4.78, 5) is -0.621. The SMILES string of the molecule is COCCc1ccc(OCC(O)CNC(C)C)cc1.NS(=O)(=O)c1cc2c(cc1Cl)NCNS2(=O)=O. The highest BCUT2D eigenvalue weighted by molar-refractivity contribution is 7.90. The molecule has 1 atom stereocenters. The van der Waals surface area contributed by atoms with Crippen LogP contribution in [0.15, 0.2) is 46.2 Å². The normalized spacial score (nSPS) is 15.3. The van der Waals surface area contributed by atoms with Gasteiger partial charge in [0.15, 0.2) is 0 Å². The molecule has 2 aromatic carbocycles. The fraction of sp³-hybridized carbons (Fsp3) is 0.455. The molecule has 14 heteroatoms. The third kappa shape index (κ3) is 9.48. The van der Waals surface area contributed by atoms with E-state index in [4.69, 9.17) is 26.2 Å². The molecule has 0 aromatic heterocycles. The third-order valence-corrected chi connectivity index (χ3v) is 7.71. The lowest BCUT2D eigenvalue weighted by Crippen LogP contribution is -2.35. The summed E-state index contributed by atoms with van der Waals surface area (Å²) in [5.41, 5.74) is 1.46. The third-order valence-electron chi connectivity index (χ3n) is 4.89. The Bertz CT molecular complexity index is 1210. The van der Waals surface area contributed by atoms with Crippen LogP contribution in [-0.4, -0.2) is 67.6 Å². The molecule has 0 saturated heterocycles. The molecule has 36 heavy (non-hydrogen) atoms.